The Kier molecular flexibility index (Phi) is 4.01. The van der Waals surface area contributed by atoms with Gasteiger partial charge >= 0.3 is 5.97 Å². The predicted octanol–water partition coefficient (Wildman–Crippen LogP) is 2.06. The minimum Gasteiger partial charge on any atom is -0.480 e. The van der Waals surface area contributed by atoms with E-state index in [1.807, 2.05) is 17.9 Å². The number of carboxylic acids is 1. The first-order valence-corrected chi connectivity index (χ1v) is 6.49. The summed E-state index contributed by atoms with van der Waals surface area (Å²) >= 11 is 0. The number of likely N-dealkylation sites (tertiary alicyclic amines) is 1. The number of rotatable bonds is 4. The van der Waals surface area contributed by atoms with Crippen LogP contribution in [0, 0.1) is 12.8 Å². The minimum absolute atomic E-state index is 0.394. The molecule has 0 amide bonds. The second kappa shape index (κ2) is 5.52. The average Bonchev–Trinajstić information content (AvgIpc) is 2.75. The van der Waals surface area contributed by atoms with Crippen molar-refractivity contribution in [2.24, 2.45) is 5.92 Å². The molecule has 1 N–H and O–H groups in total. The molecule has 5 heteroatoms. The van der Waals surface area contributed by atoms with Gasteiger partial charge in [0.1, 0.15) is 6.04 Å². The Morgan fingerprint density at radius 3 is 3.00 bits per heavy atom. The molecule has 1 aliphatic heterocycles. The van der Waals surface area contributed by atoms with Crippen molar-refractivity contribution in [1.29, 1.82) is 0 Å². The van der Waals surface area contributed by atoms with E-state index >= 15 is 0 Å². The maximum absolute atomic E-state index is 11.3. The van der Waals surface area contributed by atoms with Gasteiger partial charge in [0.05, 0.1) is 12.2 Å². The van der Waals surface area contributed by atoms with Gasteiger partial charge in [-0.1, -0.05) is 18.5 Å². The maximum Gasteiger partial charge on any atom is 0.320 e. The number of carboxylic acid groups (broad SMARTS) is 1. The largest absolute Gasteiger partial charge is 0.480 e. The number of aromatic nitrogens is 1. The van der Waals surface area contributed by atoms with Crippen LogP contribution >= 0.6 is 0 Å². The molecule has 2 unspecified atom stereocenters. The van der Waals surface area contributed by atoms with Crippen LogP contribution in [0.3, 0.4) is 0 Å². The van der Waals surface area contributed by atoms with Crippen LogP contribution in [0.15, 0.2) is 10.6 Å². The van der Waals surface area contributed by atoms with Gasteiger partial charge in [0, 0.05) is 6.07 Å². The third kappa shape index (κ3) is 2.90. The summed E-state index contributed by atoms with van der Waals surface area (Å²) in [5.74, 6) is 0.539. The van der Waals surface area contributed by atoms with Crippen LogP contribution in [0.25, 0.3) is 0 Å². The molecule has 18 heavy (non-hydrogen) atoms. The first-order chi connectivity index (χ1) is 8.60. The number of carbonyl (C=O) groups is 1. The average molecular weight is 252 g/mol. The lowest BCUT2D eigenvalue weighted by atomic mass is 9.89. The van der Waals surface area contributed by atoms with Crippen molar-refractivity contribution in [1.82, 2.24) is 10.1 Å². The summed E-state index contributed by atoms with van der Waals surface area (Å²) in [5.41, 5.74) is 0.834. The molecule has 1 saturated heterocycles. The van der Waals surface area contributed by atoms with Crippen molar-refractivity contribution in [3.8, 4) is 0 Å². The highest BCUT2D eigenvalue weighted by molar-refractivity contribution is 5.73. The summed E-state index contributed by atoms with van der Waals surface area (Å²) in [6.45, 7) is 5.34. The van der Waals surface area contributed by atoms with Gasteiger partial charge in [-0.25, -0.2) is 0 Å². The van der Waals surface area contributed by atoms with Crippen LogP contribution in [-0.2, 0) is 11.3 Å². The SMILES string of the molecule is CCC1CCN(Cc2cc(C)no2)C(C(=O)O)C1. The molecule has 0 spiro atoms. The fourth-order valence-corrected chi connectivity index (χ4v) is 2.59. The molecule has 5 nitrogen and oxygen atoms in total. The van der Waals surface area contributed by atoms with Crippen LogP contribution < -0.4 is 0 Å². The molecular formula is C13H20N2O3. The fraction of sp³-hybridized carbons (Fsp3) is 0.692. The zero-order valence-corrected chi connectivity index (χ0v) is 10.9. The molecule has 100 valence electrons. The highest BCUT2D eigenvalue weighted by Gasteiger charge is 2.33. The van der Waals surface area contributed by atoms with E-state index in [-0.39, 0.29) is 0 Å². The normalized spacial score (nSPS) is 25.2. The lowest BCUT2D eigenvalue weighted by Gasteiger charge is -2.36. The zero-order valence-electron chi connectivity index (χ0n) is 10.9. The van der Waals surface area contributed by atoms with Gasteiger partial charge in [-0.2, -0.15) is 0 Å². The number of aryl methyl sites for hydroxylation is 1. The molecule has 1 aromatic rings. The Bertz CT molecular complexity index is 416. The van der Waals surface area contributed by atoms with Crippen LogP contribution in [0.2, 0.25) is 0 Å². The summed E-state index contributed by atoms with van der Waals surface area (Å²) in [6, 6.07) is 1.47. The predicted molar refractivity (Wildman–Crippen MR) is 66.1 cm³/mol. The van der Waals surface area contributed by atoms with Gasteiger partial charge in [0.15, 0.2) is 5.76 Å². The van der Waals surface area contributed by atoms with E-state index in [9.17, 15) is 9.90 Å². The van der Waals surface area contributed by atoms with Crippen molar-refractivity contribution in [2.45, 2.75) is 45.7 Å². The molecule has 2 rings (SSSR count). The molecule has 1 aromatic heterocycles. The van der Waals surface area contributed by atoms with Crippen molar-refractivity contribution >= 4 is 5.97 Å². The van der Waals surface area contributed by atoms with Gasteiger partial charge in [0.25, 0.3) is 0 Å². The van der Waals surface area contributed by atoms with Gasteiger partial charge < -0.3 is 9.63 Å². The number of aliphatic carboxylic acids is 1. The second-order valence-electron chi connectivity index (χ2n) is 5.06. The third-order valence-electron chi connectivity index (χ3n) is 3.72. The number of hydrogen-bond acceptors (Lipinski definition) is 4. The van der Waals surface area contributed by atoms with Crippen LogP contribution in [0.4, 0.5) is 0 Å². The van der Waals surface area contributed by atoms with Gasteiger partial charge in [-0.3, -0.25) is 9.69 Å². The molecule has 1 fully saturated rings. The van der Waals surface area contributed by atoms with Crippen LogP contribution in [-0.4, -0.2) is 33.7 Å². The van der Waals surface area contributed by atoms with E-state index in [0.717, 1.165) is 37.3 Å². The van der Waals surface area contributed by atoms with E-state index in [0.29, 0.717) is 12.5 Å². The molecule has 0 saturated carbocycles. The van der Waals surface area contributed by atoms with E-state index in [4.69, 9.17) is 4.52 Å². The molecule has 1 aliphatic rings. The molecule has 2 atom stereocenters. The number of hydrogen-bond donors (Lipinski definition) is 1. The van der Waals surface area contributed by atoms with Crippen molar-refractivity contribution in [3.05, 3.63) is 17.5 Å². The molecular weight excluding hydrogens is 232 g/mol. The minimum atomic E-state index is -0.732. The quantitative estimate of drug-likeness (QED) is 0.888. The molecule has 0 bridgehead atoms. The second-order valence-corrected chi connectivity index (χ2v) is 5.06. The lowest BCUT2D eigenvalue weighted by Crippen LogP contribution is -2.46. The number of piperidine rings is 1. The van der Waals surface area contributed by atoms with Crippen molar-refractivity contribution < 1.29 is 14.4 Å². The van der Waals surface area contributed by atoms with E-state index in [1.165, 1.54) is 0 Å². The van der Waals surface area contributed by atoms with Gasteiger partial charge in [-0.05, 0) is 32.2 Å². The van der Waals surface area contributed by atoms with Crippen molar-refractivity contribution in [2.75, 3.05) is 6.54 Å². The summed E-state index contributed by atoms with van der Waals surface area (Å²) in [7, 11) is 0. The summed E-state index contributed by atoms with van der Waals surface area (Å²) in [6.07, 6.45) is 2.85. The summed E-state index contributed by atoms with van der Waals surface area (Å²) in [5, 5.41) is 13.2. The van der Waals surface area contributed by atoms with Crippen LogP contribution in [0.5, 0.6) is 0 Å². The standard InChI is InChI=1S/C13H20N2O3/c1-3-10-4-5-15(12(7-10)13(16)17)8-11-6-9(2)14-18-11/h6,10,12H,3-5,7-8H2,1-2H3,(H,16,17). The monoisotopic (exact) mass is 252 g/mol. The maximum atomic E-state index is 11.3. The Balaban J connectivity index is 2.04. The highest BCUT2D eigenvalue weighted by Crippen LogP contribution is 2.26. The van der Waals surface area contributed by atoms with Gasteiger partial charge in [0.2, 0.25) is 0 Å². The molecule has 2 heterocycles. The Hall–Kier alpha value is -1.36. The third-order valence-corrected chi connectivity index (χ3v) is 3.72. The molecule has 0 aliphatic carbocycles. The molecule has 0 aromatic carbocycles. The lowest BCUT2D eigenvalue weighted by molar-refractivity contribution is -0.145. The molecule has 0 radical (unpaired) electrons. The first kappa shape index (κ1) is 13.1. The van der Waals surface area contributed by atoms with E-state index < -0.39 is 12.0 Å². The highest BCUT2D eigenvalue weighted by atomic mass is 16.5. The fourth-order valence-electron chi connectivity index (χ4n) is 2.59. The van der Waals surface area contributed by atoms with Crippen molar-refractivity contribution in [3.63, 3.8) is 0 Å². The summed E-state index contributed by atoms with van der Waals surface area (Å²) in [4.78, 5) is 13.3. The smallest absolute Gasteiger partial charge is 0.320 e. The first-order valence-electron chi connectivity index (χ1n) is 6.49. The Morgan fingerprint density at radius 2 is 2.44 bits per heavy atom. The van der Waals surface area contributed by atoms with Gasteiger partial charge in [-0.15, -0.1) is 0 Å². The topological polar surface area (TPSA) is 66.6 Å². The van der Waals surface area contributed by atoms with E-state index in [2.05, 4.69) is 12.1 Å². The zero-order chi connectivity index (χ0) is 13.1. The Morgan fingerprint density at radius 1 is 1.67 bits per heavy atom. The Labute approximate surface area is 107 Å². The van der Waals surface area contributed by atoms with Crippen LogP contribution in [0.1, 0.15) is 37.6 Å². The summed E-state index contributed by atoms with van der Waals surface area (Å²) < 4.78 is 5.16. The number of nitrogens with zero attached hydrogens (tertiary/aromatic N) is 2. The van der Waals surface area contributed by atoms with E-state index in [1.54, 1.807) is 0 Å².